The van der Waals surface area contributed by atoms with E-state index in [1.165, 1.54) is 17.6 Å². The number of ether oxygens (including phenoxy) is 2. The van der Waals surface area contributed by atoms with Gasteiger partial charge in [0.05, 0.1) is 6.61 Å². The Hall–Kier alpha value is -1.35. The predicted molar refractivity (Wildman–Crippen MR) is 71.0 cm³/mol. The van der Waals surface area contributed by atoms with E-state index in [-0.39, 0.29) is 5.41 Å². The lowest BCUT2D eigenvalue weighted by Gasteiger charge is -2.19. The zero-order chi connectivity index (χ0) is 13.6. The molecule has 0 N–H and O–H groups in total. The predicted octanol–water partition coefficient (Wildman–Crippen LogP) is 2.97. The van der Waals surface area contributed by atoms with Crippen molar-refractivity contribution in [2.24, 2.45) is 0 Å². The molecule has 3 heteroatoms. The summed E-state index contributed by atoms with van der Waals surface area (Å²) in [6, 6.07) is 8.52. The topological polar surface area (TPSA) is 35.5 Å². The Bertz CT molecular complexity index is 362. The Kier molecular flexibility index (Phi) is 5.35. The monoisotopic (exact) mass is 249 g/mol. The SMILES string of the molecule is CC(O[C]=O)OCCc1ccc(C(C)(C)C)cc1. The van der Waals surface area contributed by atoms with E-state index in [9.17, 15) is 4.79 Å². The third-order valence-electron chi connectivity index (χ3n) is 2.78. The molecule has 0 spiro atoms. The summed E-state index contributed by atoms with van der Waals surface area (Å²) >= 11 is 0. The molecule has 0 aliphatic heterocycles. The first-order valence-electron chi connectivity index (χ1n) is 6.17. The second-order valence-corrected chi connectivity index (χ2v) is 5.34. The average molecular weight is 249 g/mol. The van der Waals surface area contributed by atoms with Gasteiger partial charge in [-0.1, -0.05) is 45.0 Å². The first kappa shape index (κ1) is 14.7. The molecule has 0 fully saturated rings. The van der Waals surface area contributed by atoms with E-state index in [4.69, 9.17) is 4.74 Å². The second-order valence-electron chi connectivity index (χ2n) is 5.34. The maximum atomic E-state index is 9.95. The smallest absolute Gasteiger partial charge is 0.419 e. The van der Waals surface area contributed by atoms with Crippen molar-refractivity contribution in [1.29, 1.82) is 0 Å². The van der Waals surface area contributed by atoms with Crippen LogP contribution >= 0.6 is 0 Å². The molecule has 0 aromatic heterocycles. The normalized spacial score (nSPS) is 13.1. The average Bonchev–Trinajstić information content (AvgIpc) is 2.29. The lowest BCUT2D eigenvalue weighted by atomic mass is 9.86. The van der Waals surface area contributed by atoms with E-state index in [1.807, 2.05) is 0 Å². The van der Waals surface area contributed by atoms with Gasteiger partial charge >= 0.3 is 6.47 Å². The van der Waals surface area contributed by atoms with E-state index >= 15 is 0 Å². The molecule has 1 radical (unpaired) electrons. The lowest BCUT2D eigenvalue weighted by molar-refractivity contribution is -0.0745. The molecule has 3 nitrogen and oxygen atoms in total. The fraction of sp³-hybridized carbons (Fsp3) is 0.533. The van der Waals surface area contributed by atoms with E-state index in [0.717, 1.165) is 6.42 Å². The molecular weight excluding hydrogens is 228 g/mol. The Balaban J connectivity index is 2.42. The molecule has 0 amide bonds. The van der Waals surface area contributed by atoms with Crippen LogP contribution in [0.4, 0.5) is 0 Å². The van der Waals surface area contributed by atoms with Gasteiger partial charge in [-0.15, -0.1) is 0 Å². The van der Waals surface area contributed by atoms with E-state index < -0.39 is 6.29 Å². The van der Waals surface area contributed by atoms with Crippen LogP contribution in [0.25, 0.3) is 0 Å². The standard InChI is InChI=1S/C15H21O3/c1-12(18-11-16)17-10-9-13-5-7-14(8-6-13)15(2,3)4/h5-8,12H,9-10H2,1-4H3. The minimum absolute atomic E-state index is 0.178. The van der Waals surface area contributed by atoms with E-state index in [1.54, 1.807) is 6.92 Å². The molecule has 0 saturated heterocycles. The van der Waals surface area contributed by atoms with Crippen LogP contribution < -0.4 is 0 Å². The number of carbonyl (C=O) groups excluding carboxylic acids is 1. The fourth-order valence-electron chi connectivity index (χ4n) is 1.62. The van der Waals surface area contributed by atoms with Crippen LogP contribution in [-0.2, 0) is 26.1 Å². The van der Waals surface area contributed by atoms with Crippen molar-refractivity contribution < 1.29 is 14.3 Å². The molecule has 0 saturated carbocycles. The van der Waals surface area contributed by atoms with Gasteiger partial charge in [0.15, 0.2) is 0 Å². The van der Waals surface area contributed by atoms with Gasteiger partial charge in [0, 0.05) is 0 Å². The van der Waals surface area contributed by atoms with Crippen LogP contribution in [0.3, 0.4) is 0 Å². The van der Waals surface area contributed by atoms with E-state index in [0.29, 0.717) is 6.61 Å². The van der Waals surface area contributed by atoms with Crippen molar-refractivity contribution in [3.63, 3.8) is 0 Å². The molecule has 0 bridgehead atoms. The van der Waals surface area contributed by atoms with Crippen LogP contribution in [0.1, 0.15) is 38.8 Å². The molecule has 99 valence electrons. The largest absolute Gasteiger partial charge is 0.428 e. The van der Waals surface area contributed by atoms with Gasteiger partial charge in [-0.05, 0) is 29.9 Å². The first-order chi connectivity index (χ1) is 8.43. The maximum absolute atomic E-state index is 9.95. The van der Waals surface area contributed by atoms with Crippen molar-refractivity contribution >= 4 is 6.47 Å². The third-order valence-corrected chi connectivity index (χ3v) is 2.78. The van der Waals surface area contributed by atoms with Crippen LogP contribution in [0.5, 0.6) is 0 Å². The number of hydrogen-bond acceptors (Lipinski definition) is 3. The van der Waals surface area contributed by atoms with Crippen molar-refractivity contribution in [2.75, 3.05) is 6.61 Å². The van der Waals surface area contributed by atoms with Crippen LogP contribution in [-0.4, -0.2) is 19.4 Å². The van der Waals surface area contributed by atoms with Crippen molar-refractivity contribution in [3.8, 4) is 0 Å². The van der Waals surface area contributed by atoms with Gasteiger partial charge < -0.3 is 9.47 Å². The highest BCUT2D eigenvalue weighted by atomic mass is 16.7. The van der Waals surface area contributed by atoms with E-state index in [2.05, 4.69) is 49.8 Å². The van der Waals surface area contributed by atoms with Crippen LogP contribution in [0, 0.1) is 0 Å². The Morgan fingerprint density at radius 2 is 1.83 bits per heavy atom. The summed E-state index contributed by atoms with van der Waals surface area (Å²) in [5.74, 6) is 0. The molecule has 0 aliphatic carbocycles. The van der Waals surface area contributed by atoms with Crippen molar-refractivity contribution in [1.82, 2.24) is 0 Å². The molecule has 1 aromatic rings. The highest BCUT2D eigenvalue weighted by Crippen LogP contribution is 2.22. The highest BCUT2D eigenvalue weighted by Gasteiger charge is 2.12. The third kappa shape index (κ3) is 4.88. The molecule has 0 heterocycles. The lowest BCUT2D eigenvalue weighted by Crippen LogP contribution is -2.14. The molecule has 1 atom stereocenters. The summed E-state index contributed by atoms with van der Waals surface area (Å²) in [5, 5.41) is 0. The molecule has 18 heavy (non-hydrogen) atoms. The fourth-order valence-corrected chi connectivity index (χ4v) is 1.62. The van der Waals surface area contributed by atoms with Gasteiger partial charge in [0.1, 0.15) is 0 Å². The zero-order valence-corrected chi connectivity index (χ0v) is 11.5. The zero-order valence-electron chi connectivity index (χ0n) is 11.5. The molecular formula is C15H21O3. The van der Waals surface area contributed by atoms with Crippen molar-refractivity contribution in [3.05, 3.63) is 35.4 Å². The van der Waals surface area contributed by atoms with Gasteiger partial charge in [-0.2, -0.15) is 0 Å². The highest BCUT2D eigenvalue weighted by molar-refractivity contribution is 5.38. The number of benzene rings is 1. The van der Waals surface area contributed by atoms with Gasteiger partial charge in [-0.25, -0.2) is 4.79 Å². The molecule has 1 aromatic carbocycles. The Labute approximate surface area is 109 Å². The van der Waals surface area contributed by atoms with Crippen molar-refractivity contribution in [2.45, 2.75) is 45.8 Å². The summed E-state index contributed by atoms with van der Waals surface area (Å²) in [4.78, 5) is 9.95. The van der Waals surface area contributed by atoms with Crippen LogP contribution in [0.2, 0.25) is 0 Å². The molecule has 1 unspecified atom stereocenters. The number of hydrogen-bond donors (Lipinski definition) is 0. The number of rotatable bonds is 6. The second kappa shape index (κ2) is 6.55. The quantitative estimate of drug-likeness (QED) is 0.727. The first-order valence-corrected chi connectivity index (χ1v) is 6.17. The summed E-state index contributed by atoms with van der Waals surface area (Å²) in [6.45, 7) is 10.1. The van der Waals surface area contributed by atoms with Gasteiger partial charge in [-0.3, -0.25) is 0 Å². The summed E-state index contributed by atoms with van der Waals surface area (Å²) in [7, 11) is 0. The minimum atomic E-state index is -0.531. The maximum Gasteiger partial charge on any atom is 0.419 e. The Morgan fingerprint density at radius 1 is 1.22 bits per heavy atom. The van der Waals surface area contributed by atoms with Gasteiger partial charge in [0.2, 0.25) is 6.29 Å². The summed E-state index contributed by atoms with van der Waals surface area (Å²) in [6.07, 6.45) is 0.271. The summed E-state index contributed by atoms with van der Waals surface area (Å²) < 4.78 is 9.81. The molecule has 1 rings (SSSR count). The minimum Gasteiger partial charge on any atom is -0.428 e. The molecule has 0 aliphatic rings. The Morgan fingerprint density at radius 3 is 2.33 bits per heavy atom. The summed E-state index contributed by atoms with van der Waals surface area (Å²) in [5.41, 5.74) is 2.71. The van der Waals surface area contributed by atoms with Gasteiger partial charge in [0.25, 0.3) is 0 Å². The van der Waals surface area contributed by atoms with Crippen LogP contribution in [0.15, 0.2) is 24.3 Å².